The van der Waals surface area contributed by atoms with Crippen molar-refractivity contribution in [1.82, 2.24) is 5.32 Å². The lowest BCUT2D eigenvalue weighted by molar-refractivity contribution is -0.129. The van der Waals surface area contributed by atoms with Crippen molar-refractivity contribution in [3.63, 3.8) is 0 Å². The molecule has 3 aromatic rings. The molecule has 2 atom stereocenters. The van der Waals surface area contributed by atoms with Gasteiger partial charge in [-0.3, -0.25) is 15.0 Å². The number of amides is 2. The van der Waals surface area contributed by atoms with Crippen LogP contribution in [0, 0.1) is 5.41 Å². The van der Waals surface area contributed by atoms with Crippen LogP contribution in [0.3, 0.4) is 0 Å². The Hall–Kier alpha value is -4.66. The average Bonchev–Trinajstić information content (AvgIpc) is 2.80. The van der Waals surface area contributed by atoms with Gasteiger partial charge in [0.2, 0.25) is 11.8 Å². The van der Waals surface area contributed by atoms with Gasteiger partial charge in [-0.15, -0.1) is 0 Å². The van der Waals surface area contributed by atoms with Crippen molar-refractivity contribution in [3.8, 4) is 5.75 Å². The van der Waals surface area contributed by atoms with Crippen molar-refractivity contribution >= 4 is 29.3 Å². The average molecular weight is 460 g/mol. The van der Waals surface area contributed by atoms with E-state index in [1.54, 1.807) is 61.5 Å². The van der Waals surface area contributed by atoms with Gasteiger partial charge in [0, 0.05) is 11.3 Å². The van der Waals surface area contributed by atoms with Crippen molar-refractivity contribution in [2.75, 3.05) is 5.32 Å². The van der Waals surface area contributed by atoms with Crippen LogP contribution in [0.1, 0.15) is 45.9 Å². The molecule has 7 N–H and O–H groups in total. The van der Waals surface area contributed by atoms with E-state index in [0.29, 0.717) is 22.4 Å². The first-order chi connectivity index (χ1) is 16.2. The molecule has 3 aromatic carbocycles. The van der Waals surface area contributed by atoms with E-state index < -0.39 is 29.7 Å². The first kappa shape index (κ1) is 24.0. The summed E-state index contributed by atoms with van der Waals surface area (Å²) in [4.78, 5) is 37.6. The van der Waals surface area contributed by atoms with E-state index in [1.165, 1.54) is 18.2 Å². The minimum absolute atomic E-state index is 0.103. The van der Waals surface area contributed by atoms with Crippen LogP contribution in [0.2, 0.25) is 0 Å². The number of anilines is 1. The van der Waals surface area contributed by atoms with Crippen molar-refractivity contribution in [2.24, 2.45) is 5.73 Å². The molecular formula is C25H24N4O5. The number of carboxylic acid groups (broad SMARTS) is 1. The van der Waals surface area contributed by atoms with E-state index in [2.05, 4.69) is 10.6 Å². The van der Waals surface area contributed by atoms with Gasteiger partial charge in [-0.05, 0) is 54.4 Å². The summed E-state index contributed by atoms with van der Waals surface area (Å²) >= 11 is 0. The predicted octanol–water partition coefficient (Wildman–Crippen LogP) is 2.97. The molecule has 0 spiro atoms. The fourth-order valence-corrected chi connectivity index (χ4v) is 3.39. The van der Waals surface area contributed by atoms with Crippen LogP contribution in [0.4, 0.5) is 5.69 Å². The van der Waals surface area contributed by atoms with Crippen LogP contribution in [0.5, 0.6) is 5.75 Å². The Morgan fingerprint density at radius 3 is 2.15 bits per heavy atom. The molecule has 34 heavy (non-hydrogen) atoms. The lowest BCUT2D eigenvalue weighted by Crippen LogP contribution is -2.37. The number of carboxylic acids is 1. The summed E-state index contributed by atoms with van der Waals surface area (Å²) < 4.78 is 0. The quantitative estimate of drug-likeness (QED) is 0.172. The molecular weight excluding hydrogens is 436 g/mol. The molecule has 0 bridgehead atoms. The van der Waals surface area contributed by atoms with Crippen molar-refractivity contribution in [3.05, 3.63) is 95.1 Å². The first-order valence-electron chi connectivity index (χ1n) is 10.3. The summed E-state index contributed by atoms with van der Waals surface area (Å²) in [5, 5.41) is 31.9. The number of hydrogen-bond acceptors (Lipinski definition) is 5. The summed E-state index contributed by atoms with van der Waals surface area (Å²) in [6.45, 7) is 1.65. The summed E-state index contributed by atoms with van der Waals surface area (Å²) in [6, 6.07) is 18.2. The second kappa shape index (κ2) is 10.3. The third-order valence-corrected chi connectivity index (χ3v) is 5.23. The van der Waals surface area contributed by atoms with Gasteiger partial charge >= 0.3 is 5.97 Å². The highest BCUT2D eigenvalue weighted by atomic mass is 16.4. The van der Waals surface area contributed by atoms with E-state index >= 15 is 0 Å². The van der Waals surface area contributed by atoms with E-state index in [1.807, 2.05) is 0 Å². The normalized spacial score (nSPS) is 12.3. The zero-order valence-corrected chi connectivity index (χ0v) is 18.3. The van der Waals surface area contributed by atoms with Gasteiger partial charge in [0.1, 0.15) is 23.1 Å². The Bertz CT molecular complexity index is 1230. The van der Waals surface area contributed by atoms with Crippen LogP contribution < -0.4 is 16.4 Å². The monoisotopic (exact) mass is 460 g/mol. The van der Waals surface area contributed by atoms with Gasteiger partial charge in [0.15, 0.2) is 0 Å². The summed E-state index contributed by atoms with van der Waals surface area (Å²) in [7, 11) is 0. The molecule has 0 fully saturated rings. The van der Waals surface area contributed by atoms with E-state index in [4.69, 9.17) is 11.1 Å². The maximum Gasteiger partial charge on any atom is 0.339 e. The van der Waals surface area contributed by atoms with Crippen LogP contribution >= 0.6 is 0 Å². The topological polar surface area (TPSA) is 166 Å². The van der Waals surface area contributed by atoms with Gasteiger partial charge in [-0.2, -0.15) is 0 Å². The maximum atomic E-state index is 13.2. The fourth-order valence-electron chi connectivity index (χ4n) is 3.39. The molecule has 0 heterocycles. The molecule has 0 aliphatic carbocycles. The van der Waals surface area contributed by atoms with Gasteiger partial charge < -0.3 is 26.6 Å². The molecule has 0 aliphatic heterocycles. The maximum absolute atomic E-state index is 13.2. The number of nitrogens with one attached hydrogen (secondary N) is 3. The third-order valence-electron chi connectivity index (χ3n) is 5.23. The second-order valence-electron chi connectivity index (χ2n) is 7.64. The van der Waals surface area contributed by atoms with Crippen LogP contribution in [0.15, 0.2) is 72.8 Å². The summed E-state index contributed by atoms with van der Waals surface area (Å²) in [5.41, 5.74) is 7.03. The molecule has 0 radical (unpaired) electrons. The molecule has 2 unspecified atom stereocenters. The van der Waals surface area contributed by atoms with Crippen LogP contribution in [0.25, 0.3) is 0 Å². The minimum atomic E-state index is -1.30. The van der Waals surface area contributed by atoms with Crippen molar-refractivity contribution < 1.29 is 24.6 Å². The number of rotatable bonds is 8. The molecule has 0 aromatic heterocycles. The van der Waals surface area contributed by atoms with Gasteiger partial charge in [-0.1, -0.05) is 36.4 Å². The minimum Gasteiger partial charge on any atom is -0.507 e. The molecule has 0 saturated carbocycles. The smallest absolute Gasteiger partial charge is 0.339 e. The number of nitrogen functional groups attached to an aromatic ring is 1. The van der Waals surface area contributed by atoms with Gasteiger partial charge in [0.05, 0.1) is 6.04 Å². The number of aromatic carboxylic acids is 1. The molecule has 9 nitrogen and oxygen atoms in total. The van der Waals surface area contributed by atoms with Crippen LogP contribution in [-0.4, -0.2) is 33.8 Å². The van der Waals surface area contributed by atoms with E-state index in [9.17, 15) is 24.6 Å². The number of phenols is 1. The predicted molar refractivity (Wildman–Crippen MR) is 127 cm³/mol. The highest BCUT2D eigenvalue weighted by Crippen LogP contribution is 2.25. The lowest BCUT2D eigenvalue weighted by Gasteiger charge is -2.21. The SMILES string of the molecule is CC(NC(=O)C(C(=O)Nc1ccc(C(=N)N)cc1)c1ccccc1)c1ccc(O)c(C(=O)O)c1. The Morgan fingerprint density at radius 1 is 0.912 bits per heavy atom. The summed E-state index contributed by atoms with van der Waals surface area (Å²) in [6.07, 6.45) is 0. The van der Waals surface area contributed by atoms with E-state index in [0.717, 1.165) is 0 Å². The number of nitrogens with two attached hydrogens (primary N) is 1. The van der Waals surface area contributed by atoms with Crippen molar-refractivity contribution in [2.45, 2.75) is 18.9 Å². The van der Waals surface area contributed by atoms with Crippen LogP contribution in [-0.2, 0) is 9.59 Å². The zero-order chi connectivity index (χ0) is 24.8. The molecule has 0 aliphatic rings. The fraction of sp³-hybridized carbons (Fsp3) is 0.120. The summed E-state index contributed by atoms with van der Waals surface area (Å²) in [5.74, 6) is -4.12. The molecule has 9 heteroatoms. The molecule has 3 rings (SSSR count). The zero-order valence-electron chi connectivity index (χ0n) is 18.3. The third kappa shape index (κ3) is 5.57. The molecule has 174 valence electrons. The lowest BCUT2D eigenvalue weighted by atomic mass is 9.96. The Morgan fingerprint density at radius 2 is 1.56 bits per heavy atom. The number of amidine groups is 1. The number of benzene rings is 3. The largest absolute Gasteiger partial charge is 0.507 e. The van der Waals surface area contributed by atoms with Gasteiger partial charge in [-0.25, -0.2) is 4.79 Å². The second-order valence-corrected chi connectivity index (χ2v) is 7.64. The van der Waals surface area contributed by atoms with Crippen molar-refractivity contribution in [1.29, 1.82) is 5.41 Å². The highest BCUT2D eigenvalue weighted by Gasteiger charge is 2.30. The van der Waals surface area contributed by atoms with Gasteiger partial charge in [0.25, 0.3) is 0 Å². The Balaban J connectivity index is 1.83. The van der Waals surface area contributed by atoms with E-state index in [-0.39, 0.29) is 17.1 Å². The molecule has 0 saturated heterocycles. The standard InChI is InChI=1S/C25H24N4O5/c1-14(17-9-12-20(30)19(13-17)25(33)34)28-23(31)21(15-5-3-2-4-6-15)24(32)29-18-10-7-16(8-11-18)22(26)27/h2-14,21,30H,1H3,(H3,26,27)(H,28,31)(H,29,32)(H,33,34). The molecule has 2 amide bonds. The Kier molecular flexibility index (Phi) is 7.27. The first-order valence-corrected chi connectivity index (χ1v) is 10.3. The number of carbonyl (C=O) groups is 3. The number of hydrogen-bond donors (Lipinski definition) is 6. The Labute approximate surface area is 195 Å². The highest BCUT2D eigenvalue weighted by molar-refractivity contribution is 6.11. The number of aromatic hydroxyl groups is 1. The number of carbonyl (C=O) groups excluding carboxylic acids is 2.